The third-order valence-electron chi connectivity index (χ3n) is 0.169. The summed E-state index contributed by atoms with van der Waals surface area (Å²) in [7, 11) is 0. The molecule has 0 heterocycles. The van der Waals surface area contributed by atoms with Crippen molar-refractivity contribution >= 4 is 37.0 Å². The van der Waals surface area contributed by atoms with Crippen molar-refractivity contribution in [1.82, 2.24) is 3.12 Å². The molecule has 0 rings (SSSR count). The second kappa shape index (κ2) is 4.95. The van der Waals surface area contributed by atoms with Gasteiger partial charge in [-0.3, -0.25) is 0 Å². The van der Waals surface area contributed by atoms with E-state index in [1.54, 1.807) is 0 Å². The van der Waals surface area contributed by atoms with Crippen molar-refractivity contribution in [2.45, 2.75) is 0 Å². The maximum atomic E-state index is 11.0. The highest BCUT2D eigenvalue weighted by Gasteiger charge is 2.05. The summed E-state index contributed by atoms with van der Waals surface area (Å²) in [5, 5.41) is 0. The molecule has 7 heteroatoms. The predicted molar refractivity (Wildman–Crippen MR) is 27.9 cm³/mol. The molecule has 0 saturated carbocycles. The lowest BCUT2D eigenvalue weighted by Crippen LogP contribution is -1.81. The van der Waals surface area contributed by atoms with Gasteiger partial charge in [-0.05, 0) is 3.12 Å². The molecule has 0 N–H and O–H groups in total. The van der Waals surface area contributed by atoms with Crippen LogP contribution in [0.2, 0.25) is 0 Å². The summed E-state index contributed by atoms with van der Waals surface area (Å²) < 4.78 is 33.1. The first kappa shape index (κ1) is 7.80. The van der Waals surface area contributed by atoms with E-state index in [4.69, 9.17) is 0 Å². The molecule has 44 valence electrons. The highest BCUT2D eigenvalue weighted by Crippen LogP contribution is 2.32. The van der Waals surface area contributed by atoms with Crippen molar-refractivity contribution in [2.24, 2.45) is 0 Å². The molecule has 7 heavy (non-hydrogen) atoms. The fraction of sp³-hybridized carbons (Fsp3) is 0. The highest BCUT2D eigenvalue weighted by molar-refractivity contribution is 8.21. The number of rotatable bonds is 3. The average Bonchev–Trinajstić information content (AvgIpc) is 1.72. The van der Waals surface area contributed by atoms with E-state index >= 15 is 0 Å². The first-order valence-electron chi connectivity index (χ1n) is 1.01. The standard InChI is InChI=1S/F3NS3/c1-5-4(6-2)7-3. The van der Waals surface area contributed by atoms with Crippen LogP contribution in [0.4, 0.5) is 11.7 Å². The predicted octanol–water partition coefficient (Wildman–Crippen LogP) is 2.89. The van der Waals surface area contributed by atoms with Crippen LogP contribution in [0, 0.1) is 0 Å². The van der Waals surface area contributed by atoms with Crippen LogP contribution in [-0.4, -0.2) is 3.12 Å². The maximum Gasteiger partial charge on any atom is 0.161 e. The molecule has 0 aliphatic heterocycles. The van der Waals surface area contributed by atoms with Crippen molar-refractivity contribution in [1.29, 1.82) is 0 Å². The summed E-state index contributed by atoms with van der Waals surface area (Å²) in [6.07, 6.45) is 0. The van der Waals surface area contributed by atoms with Gasteiger partial charge in [-0.25, -0.2) is 0 Å². The van der Waals surface area contributed by atoms with Crippen molar-refractivity contribution < 1.29 is 11.7 Å². The molecule has 0 amide bonds. The van der Waals surface area contributed by atoms with Gasteiger partial charge in [0, 0.05) is 0 Å². The van der Waals surface area contributed by atoms with E-state index in [9.17, 15) is 11.7 Å². The van der Waals surface area contributed by atoms with E-state index in [1.165, 1.54) is 0 Å². The topological polar surface area (TPSA) is 3.24 Å². The molecule has 0 aliphatic rings. The van der Waals surface area contributed by atoms with Crippen LogP contribution in [0.5, 0.6) is 0 Å². The van der Waals surface area contributed by atoms with Gasteiger partial charge >= 0.3 is 0 Å². The van der Waals surface area contributed by atoms with Crippen LogP contribution in [0.15, 0.2) is 0 Å². The Labute approximate surface area is 52.3 Å². The third kappa shape index (κ3) is 3.39. The Kier molecular flexibility index (Phi) is 5.51. The van der Waals surface area contributed by atoms with Gasteiger partial charge in [0.25, 0.3) is 0 Å². The van der Waals surface area contributed by atoms with Gasteiger partial charge in [0.2, 0.25) is 0 Å². The Balaban J connectivity index is 2.99. The molecule has 0 atom stereocenters. The molecule has 0 saturated heterocycles. The summed E-state index contributed by atoms with van der Waals surface area (Å²) in [5.41, 5.74) is 0. The van der Waals surface area contributed by atoms with E-state index in [2.05, 4.69) is 0 Å². The van der Waals surface area contributed by atoms with Crippen LogP contribution in [-0.2, 0) is 0 Å². The zero-order valence-electron chi connectivity index (χ0n) is 2.81. The van der Waals surface area contributed by atoms with Crippen LogP contribution in [0.3, 0.4) is 0 Å². The Morgan fingerprint density at radius 1 is 0.857 bits per heavy atom. The fourth-order valence-electron chi connectivity index (χ4n) is 0.0319. The number of halogens is 3. The fourth-order valence-corrected chi connectivity index (χ4v) is 0.287. The quantitative estimate of drug-likeness (QED) is 0.594. The van der Waals surface area contributed by atoms with E-state index < -0.39 is 37.0 Å². The molecular formula is F3NS3. The number of hydrogen-bond acceptors (Lipinski definition) is 4. The summed E-state index contributed by atoms with van der Waals surface area (Å²) in [5.74, 6) is 0. The van der Waals surface area contributed by atoms with Gasteiger partial charge in [-0.15, -0.1) is 11.7 Å². The van der Waals surface area contributed by atoms with Gasteiger partial charge in [0.05, 0.1) is 0 Å². The lowest BCUT2D eigenvalue weighted by Gasteiger charge is -1.96. The maximum absolute atomic E-state index is 11.0. The van der Waals surface area contributed by atoms with E-state index in [0.29, 0.717) is 0 Å². The lowest BCUT2D eigenvalue weighted by molar-refractivity contribution is 0.843. The molecule has 0 fully saturated rings. The molecule has 0 aromatic rings. The van der Waals surface area contributed by atoms with Crippen LogP contribution in [0.1, 0.15) is 0 Å². The Morgan fingerprint density at radius 2 is 1.14 bits per heavy atom. The van der Waals surface area contributed by atoms with Gasteiger partial charge in [0.1, 0.15) is 0 Å². The second-order valence-electron chi connectivity index (χ2n) is 0.431. The normalized spacial score (nSPS) is 10.3. The number of hydrogen-bond donors (Lipinski definition) is 0. The molecule has 0 aliphatic carbocycles. The van der Waals surface area contributed by atoms with E-state index in [-0.39, 0.29) is 3.12 Å². The molecular weight excluding hydrogens is 167 g/mol. The minimum absolute atomic E-state index is 0.125. The van der Waals surface area contributed by atoms with Gasteiger partial charge in [-0.1, -0.05) is 0 Å². The van der Waals surface area contributed by atoms with Crippen LogP contribution >= 0.6 is 37.0 Å². The molecule has 0 unspecified atom stereocenters. The molecule has 0 aromatic heterocycles. The molecule has 0 bridgehead atoms. The van der Waals surface area contributed by atoms with Crippen molar-refractivity contribution in [3.05, 3.63) is 0 Å². The minimum Gasteiger partial charge on any atom is -0.145 e. The number of nitrogens with zero attached hydrogens (tertiary/aromatic N) is 1. The van der Waals surface area contributed by atoms with E-state index in [1.807, 2.05) is 0 Å². The first-order valence-corrected chi connectivity index (χ1v) is 3.03. The summed E-state index contributed by atoms with van der Waals surface area (Å²) in [4.78, 5) is 0. The van der Waals surface area contributed by atoms with Gasteiger partial charge in [-0.2, -0.15) is 0 Å². The highest BCUT2D eigenvalue weighted by atomic mass is 32.3. The minimum atomic E-state index is -0.521. The summed E-state index contributed by atoms with van der Waals surface area (Å²) in [6, 6.07) is 0. The van der Waals surface area contributed by atoms with Crippen molar-refractivity contribution in [2.75, 3.05) is 0 Å². The van der Waals surface area contributed by atoms with Crippen LogP contribution < -0.4 is 0 Å². The summed E-state index contributed by atoms with van der Waals surface area (Å²) >= 11 is -1.56. The van der Waals surface area contributed by atoms with E-state index in [0.717, 1.165) is 0 Å². The SMILES string of the molecule is FSN(SF)SF. The molecule has 1 nitrogen and oxygen atoms in total. The largest absolute Gasteiger partial charge is 0.161 e. The van der Waals surface area contributed by atoms with Crippen molar-refractivity contribution in [3.8, 4) is 0 Å². The molecule has 0 aromatic carbocycles. The average molecular weight is 167 g/mol. The zero-order chi connectivity index (χ0) is 5.70. The van der Waals surface area contributed by atoms with Crippen LogP contribution in [0.25, 0.3) is 0 Å². The third-order valence-corrected chi connectivity index (χ3v) is 1.52. The molecule has 0 radical (unpaired) electrons. The lowest BCUT2D eigenvalue weighted by atomic mass is 13.8. The summed E-state index contributed by atoms with van der Waals surface area (Å²) in [6.45, 7) is 0. The Bertz CT molecular complexity index is 31.7. The van der Waals surface area contributed by atoms with Gasteiger partial charge < -0.3 is 0 Å². The smallest absolute Gasteiger partial charge is 0.145 e. The zero-order valence-corrected chi connectivity index (χ0v) is 5.26. The van der Waals surface area contributed by atoms with Gasteiger partial charge in [0.15, 0.2) is 37.0 Å². The Morgan fingerprint density at radius 3 is 1.14 bits per heavy atom. The first-order chi connectivity index (χ1) is 3.35. The Hall–Kier alpha value is 0.800. The second-order valence-corrected chi connectivity index (χ2v) is 2.63. The molecule has 0 spiro atoms. The monoisotopic (exact) mass is 167 g/mol. The van der Waals surface area contributed by atoms with Crippen molar-refractivity contribution in [3.63, 3.8) is 0 Å².